The lowest BCUT2D eigenvalue weighted by molar-refractivity contribution is -0.118. The molecule has 1 unspecified atom stereocenters. The molecule has 4 nitrogen and oxygen atoms in total. The molecule has 6 heteroatoms. The highest BCUT2D eigenvalue weighted by Gasteiger charge is 2.33. The van der Waals surface area contributed by atoms with Crippen LogP contribution in [0.25, 0.3) is 0 Å². The molecule has 132 valence electrons. The number of hydrogen-bond donors (Lipinski definition) is 1. The molecule has 1 N–H and O–H groups in total. The van der Waals surface area contributed by atoms with Crippen molar-refractivity contribution < 1.29 is 4.79 Å². The Kier molecular flexibility index (Phi) is 3.98. The zero-order valence-electron chi connectivity index (χ0n) is 14.1. The van der Waals surface area contributed by atoms with Crippen LogP contribution in [0.15, 0.2) is 58.2 Å². The normalized spacial score (nSPS) is 19.8. The summed E-state index contributed by atoms with van der Waals surface area (Å²) >= 11 is 5.42. The molecule has 2 aromatic carbocycles. The molecule has 0 fully saturated rings. The van der Waals surface area contributed by atoms with E-state index in [1.807, 2.05) is 35.0 Å². The number of carbonyl (C=O) groups excluding carboxylic acids is 1. The van der Waals surface area contributed by atoms with Gasteiger partial charge in [0, 0.05) is 46.2 Å². The van der Waals surface area contributed by atoms with Crippen LogP contribution in [0, 0.1) is 0 Å². The highest BCUT2D eigenvalue weighted by Crippen LogP contribution is 2.46. The first-order valence-corrected chi connectivity index (χ1v) is 10.5. The number of amides is 1. The molecule has 1 amide bonds. The van der Waals surface area contributed by atoms with Crippen molar-refractivity contribution in [2.24, 2.45) is 0 Å². The van der Waals surface area contributed by atoms with Crippen LogP contribution >= 0.6 is 27.7 Å². The number of fused-ring (bicyclic) bond motifs is 1. The fraction of sp³-hybridized carbons (Fsp3) is 0.250. The Morgan fingerprint density at radius 1 is 1.31 bits per heavy atom. The fourth-order valence-corrected chi connectivity index (χ4v) is 5.80. The lowest BCUT2D eigenvalue weighted by Crippen LogP contribution is -2.42. The number of nitrogens with one attached hydrogen (secondary N) is 1. The number of halogens is 1. The zero-order valence-corrected chi connectivity index (χ0v) is 16.5. The van der Waals surface area contributed by atoms with E-state index in [1.165, 1.54) is 16.1 Å². The SMILES string of the molecule is O=C(CC1CSc2cc(Br)cc3c2N1C=CN3)N1CCc2ccccc21. The maximum Gasteiger partial charge on any atom is 0.229 e. The summed E-state index contributed by atoms with van der Waals surface area (Å²) in [7, 11) is 0. The Hall–Kier alpha value is -1.92. The van der Waals surface area contributed by atoms with Gasteiger partial charge in [0.25, 0.3) is 0 Å². The second-order valence-electron chi connectivity index (χ2n) is 6.76. The van der Waals surface area contributed by atoms with Gasteiger partial charge in [0.1, 0.15) is 0 Å². The van der Waals surface area contributed by atoms with Crippen molar-refractivity contribution in [3.8, 4) is 0 Å². The van der Waals surface area contributed by atoms with Gasteiger partial charge in [-0.05, 0) is 30.2 Å². The van der Waals surface area contributed by atoms with Crippen LogP contribution in [0.2, 0.25) is 0 Å². The Labute approximate surface area is 165 Å². The number of rotatable bonds is 2. The molecule has 3 aliphatic rings. The lowest BCUT2D eigenvalue weighted by atomic mass is 10.1. The van der Waals surface area contributed by atoms with Crippen LogP contribution < -0.4 is 15.1 Å². The van der Waals surface area contributed by atoms with Crippen molar-refractivity contribution in [3.63, 3.8) is 0 Å². The average molecular weight is 428 g/mol. The van der Waals surface area contributed by atoms with E-state index in [2.05, 4.69) is 56.6 Å². The number of hydrogen-bond acceptors (Lipinski definition) is 4. The standard InChI is InChI=1S/C20H18BrN3OS/c21-14-9-16-20-18(10-14)26-12-15(23(20)8-6-22-16)11-19(25)24-7-5-13-3-1-2-4-17(13)24/h1-4,6,8-10,15,22H,5,7,11-12H2. The molecule has 2 aromatic rings. The number of anilines is 3. The van der Waals surface area contributed by atoms with Crippen LogP contribution in [0.5, 0.6) is 0 Å². The van der Waals surface area contributed by atoms with Crippen molar-refractivity contribution in [2.45, 2.75) is 23.8 Å². The Bertz CT molecular complexity index is 929. The quantitative estimate of drug-likeness (QED) is 0.758. The molecule has 26 heavy (non-hydrogen) atoms. The van der Waals surface area contributed by atoms with Gasteiger partial charge in [-0.2, -0.15) is 0 Å². The summed E-state index contributed by atoms with van der Waals surface area (Å²) in [6.07, 6.45) is 5.50. The number of benzene rings is 2. The van der Waals surface area contributed by atoms with E-state index in [0.717, 1.165) is 34.6 Å². The summed E-state index contributed by atoms with van der Waals surface area (Å²) in [5.74, 6) is 1.13. The van der Waals surface area contributed by atoms with Crippen molar-refractivity contribution >= 4 is 50.7 Å². The van der Waals surface area contributed by atoms with Gasteiger partial charge in [-0.1, -0.05) is 34.1 Å². The lowest BCUT2D eigenvalue weighted by Gasteiger charge is -2.39. The molecular formula is C20H18BrN3OS. The van der Waals surface area contributed by atoms with E-state index < -0.39 is 0 Å². The highest BCUT2D eigenvalue weighted by molar-refractivity contribution is 9.10. The van der Waals surface area contributed by atoms with E-state index in [4.69, 9.17) is 0 Å². The topological polar surface area (TPSA) is 35.6 Å². The van der Waals surface area contributed by atoms with Gasteiger partial charge in [-0.3, -0.25) is 4.79 Å². The van der Waals surface area contributed by atoms with Crippen LogP contribution in [0.4, 0.5) is 17.1 Å². The smallest absolute Gasteiger partial charge is 0.229 e. The second kappa shape index (κ2) is 6.35. The minimum Gasteiger partial charge on any atom is -0.359 e. The molecule has 0 saturated heterocycles. The molecule has 0 spiro atoms. The summed E-state index contributed by atoms with van der Waals surface area (Å²) in [5.41, 5.74) is 4.64. The first-order valence-electron chi connectivity index (χ1n) is 8.77. The van der Waals surface area contributed by atoms with Crippen LogP contribution in [0.1, 0.15) is 12.0 Å². The van der Waals surface area contributed by atoms with E-state index in [9.17, 15) is 4.79 Å². The van der Waals surface area contributed by atoms with Crippen molar-refractivity contribution in [3.05, 3.63) is 58.8 Å². The Morgan fingerprint density at radius 3 is 3.12 bits per heavy atom. The highest BCUT2D eigenvalue weighted by atomic mass is 79.9. The predicted octanol–water partition coefficient (Wildman–Crippen LogP) is 4.61. The summed E-state index contributed by atoms with van der Waals surface area (Å²) in [6.45, 7) is 0.796. The predicted molar refractivity (Wildman–Crippen MR) is 111 cm³/mol. The number of carbonyl (C=O) groups is 1. The van der Waals surface area contributed by atoms with Crippen LogP contribution in [-0.4, -0.2) is 24.2 Å². The molecule has 1 atom stereocenters. The van der Waals surface area contributed by atoms with E-state index in [0.29, 0.717) is 6.42 Å². The summed E-state index contributed by atoms with van der Waals surface area (Å²) in [5, 5.41) is 3.32. The zero-order chi connectivity index (χ0) is 17.7. The van der Waals surface area contributed by atoms with Crippen molar-refractivity contribution in [1.29, 1.82) is 0 Å². The van der Waals surface area contributed by atoms with Gasteiger partial charge in [0.05, 0.1) is 17.4 Å². The van der Waals surface area contributed by atoms with Crippen LogP contribution in [0.3, 0.4) is 0 Å². The third-order valence-electron chi connectivity index (χ3n) is 5.19. The fourth-order valence-electron chi connectivity index (χ4n) is 3.98. The molecule has 3 aliphatic heterocycles. The third kappa shape index (κ3) is 2.63. The number of thioether (sulfide) groups is 1. The molecule has 0 bridgehead atoms. The summed E-state index contributed by atoms with van der Waals surface area (Å²) in [6, 6.07) is 12.7. The monoisotopic (exact) mass is 427 g/mol. The first kappa shape index (κ1) is 16.3. The first-order chi connectivity index (χ1) is 12.7. The van der Waals surface area contributed by atoms with Gasteiger partial charge in [-0.25, -0.2) is 0 Å². The van der Waals surface area contributed by atoms with Crippen molar-refractivity contribution in [2.75, 3.05) is 27.4 Å². The molecule has 0 saturated carbocycles. The van der Waals surface area contributed by atoms with E-state index in [-0.39, 0.29) is 11.9 Å². The number of nitrogens with zero attached hydrogens (tertiary/aromatic N) is 2. The maximum atomic E-state index is 13.0. The van der Waals surface area contributed by atoms with Gasteiger partial charge in [0.15, 0.2) is 0 Å². The van der Waals surface area contributed by atoms with Gasteiger partial charge in [0.2, 0.25) is 5.91 Å². The summed E-state index contributed by atoms with van der Waals surface area (Å²) in [4.78, 5) is 18.5. The minimum absolute atomic E-state index is 0.172. The molecular weight excluding hydrogens is 410 g/mol. The third-order valence-corrected chi connectivity index (χ3v) is 6.83. The van der Waals surface area contributed by atoms with Gasteiger partial charge < -0.3 is 15.1 Å². The van der Waals surface area contributed by atoms with Gasteiger partial charge >= 0.3 is 0 Å². The molecule has 0 radical (unpaired) electrons. The van der Waals surface area contributed by atoms with Gasteiger partial charge in [-0.15, -0.1) is 11.8 Å². The Morgan fingerprint density at radius 2 is 2.19 bits per heavy atom. The average Bonchev–Trinajstić information content (AvgIpc) is 3.08. The Balaban J connectivity index is 1.41. The summed E-state index contributed by atoms with van der Waals surface area (Å²) < 4.78 is 1.07. The van der Waals surface area contributed by atoms with E-state index in [1.54, 1.807) is 0 Å². The van der Waals surface area contributed by atoms with Crippen LogP contribution in [-0.2, 0) is 11.2 Å². The number of para-hydroxylation sites is 1. The molecule has 5 rings (SSSR count). The van der Waals surface area contributed by atoms with E-state index >= 15 is 0 Å². The minimum atomic E-state index is 0.172. The molecule has 0 aromatic heterocycles. The maximum absolute atomic E-state index is 13.0. The molecule has 3 heterocycles. The van der Waals surface area contributed by atoms with Crippen molar-refractivity contribution in [1.82, 2.24) is 0 Å². The molecule has 0 aliphatic carbocycles. The largest absolute Gasteiger partial charge is 0.359 e. The second-order valence-corrected chi connectivity index (χ2v) is 8.74.